The van der Waals surface area contributed by atoms with E-state index in [4.69, 9.17) is 0 Å². The van der Waals surface area contributed by atoms with E-state index in [0.717, 1.165) is 9.52 Å². The van der Waals surface area contributed by atoms with E-state index in [1.54, 1.807) is 38.5 Å². The van der Waals surface area contributed by atoms with Gasteiger partial charge in [0.05, 0.1) is 0 Å². The molecule has 0 saturated heterocycles. The van der Waals surface area contributed by atoms with E-state index in [1.165, 1.54) is 11.1 Å². The summed E-state index contributed by atoms with van der Waals surface area (Å²) < 4.78 is 0. The standard InChI is InChI=1S/C8H15Si/c1-3-7(4-1)9-8-5-2-6-8/h7-9H,1-6H2. The van der Waals surface area contributed by atoms with E-state index in [9.17, 15) is 0 Å². The first-order valence-electron chi connectivity index (χ1n) is 4.30. The summed E-state index contributed by atoms with van der Waals surface area (Å²) >= 11 is 0. The Morgan fingerprint density at radius 3 is 1.44 bits per heavy atom. The maximum Gasteiger partial charge on any atom is 0.0346 e. The summed E-state index contributed by atoms with van der Waals surface area (Å²) in [5, 5.41) is 0. The second kappa shape index (κ2) is 2.45. The van der Waals surface area contributed by atoms with Crippen LogP contribution in [0.2, 0.25) is 11.1 Å². The first-order valence-corrected chi connectivity index (χ1v) is 5.63. The second-order valence-electron chi connectivity index (χ2n) is 3.57. The van der Waals surface area contributed by atoms with Crippen LogP contribution in [0.4, 0.5) is 0 Å². The molecule has 2 rings (SSSR count). The summed E-state index contributed by atoms with van der Waals surface area (Å²) in [6.45, 7) is 0. The molecule has 2 aliphatic carbocycles. The molecule has 51 valence electrons. The molecule has 0 aliphatic heterocycles. The summed E-state index contributed by atoms with van der Waals surface area (Å²) in [5.74, 6) is 0. The highest BCUT2D eigenvalue weighted by Crippen LogP contribution is 2.40. The zero-order valence-electron chi connectivity index (χ0n) is 5.97. The minimum Gasteiger partial charge on any atom is -0.0534 e. The fraction of sp³-hybridized carbons (Fsp3) is 1.00. The Kier molecular flexibility index (Phi) is 1.62. The van der Waals surface area contributed by atoms with Gasteiger partial charge < -0.3 is 0 Å². The van der Waals surface area contributed by atoms with Crippen LogP contribution in [0.25, 0.3) is 0 Å². The Balaban J connectivity index is 1.64. The van der Waals surface area contributed by atoms with Gasteiger partial charge in [0, 0.05) is 9.52 Å². The Labute approximate surface area is 59.9 Å². The van der Waals surface area contributed by atoms with Crippen LogP contribution in [0.1, 0.15) is 38.5 Å². The molecule has 2 saturated carbocycles. The van der Waals surface area contributed by atoms with Crippen molar-refractivity contribution in [1.82, 2.24) is 0 Å². The lowest BCUT2D eigenvalue weighted by Gasteiger charge is -2.33. The summed E-state index contributed by atoms with van der Waals surface area (Å²) in [5.41, 5.74) is 2.49. The van der Waals surface area contributed by atoms with Gasteiger partial charge in [-0.2, -0.15) is 0 Å². The van der Waals surface area contributed by atoms with Crippen molar-refractivity contribution in [2.24, 2.45) is 0 Å². The highest BCUT2D eigenvalue weighted by Gasteiger charge is 2.25. The van der Waals surface area contributed by atoms with Gasteiger partial charge in [-0.3, -0.25) is 0 Å². The number of hydrogen-bond acceptors (Lipinski definition) is 0. The van der Waals surface area contributed by atoms with Gasteiger partial charge in [0.25, 0.3) is 0 Å². The van der Waals surface area contributed by atoms with Gasteiger partial charge >= 0.3 is 0 Å². The van der Waals surface area contributed by atoms with Crippen molar-refractivity contribution in [3.63, 3.8) is 0 Å². The maximum absolute atomic E-state index is 1.59. The predicted octanol–water partition coefficient (Wildman–Crippen LogP) is 2.37. The normalized spacial score (nSPS) is 29.3. The second-order valence-corrected chi connectivity index (χ2v) is 5.84. The van der Waals surface area contributed by atoms with Crippen LogP contribution >= 0.6 is 0 Å². The molecule has 0 amide bonds. The Morgan fingerprint density at radius 2 is 1.22 bits per heavy atom. The van der Waals surface area contributed by atoms with Crippen LogP contribution in [0, 0.1) is 0 Å². The molecule has 0 heterocycles. The van der Waals surface area contributed by atoms with Crippen LogP contribution in [-0.2, 0) is 0 Å². The molecule has 0 aromatic heterocycles. The van der Waals surface area contributed by atoms with Gasteiger partial charge in [-0.15, -0.1) is 0 Å². The van der Waals surface area contributed by atoms with Gasteiger partial charge in [-0.05, 0) is 11.1 Å². The van der Waals surface area contributed by atoms with Gasteiger partial charge in [0.15, 0.2) is 0 Å². The third-order valence-electron chi connectivity index (χ3n) is 2.84. The van der Waals surface area contributed by atoms with Crippen molar-refractivity contribution in [1.29, 1.82) is 0 Å². The smallest absolute Gasteiger partial charge is 0.0346 e. The maximum atomic E-state index is 1.59. The SMILES string of the molecule is C1CC([SiH]C2CCC2)C1. The third kappa shape index (κ3) is 1.21. The topological polar surface area (TPSA) is 0 Å². The van der Waals surface area contributed by atoms with Gasteiger partial charge in [-0.25, -0.2) is 0 Å². The molecule has 0 nitrogen and oxygen atoms in total. The van der Waals surface area contributed by atoms with Crippen molar-refractivity contribution >= 4 is 9.52 Å². The largest absolute Gasteiger partial charge is 0.0534 e. The fourth-order valence-corrected chi connectivity index (χ4v) is 4.13. The minimum absolute atomic E-state index is 0.894. The molecule has 0 aromatic rings. The third-order valence-corrected chi connectivity index (χ3v) is 5.27. The van der Waals surface area contributed by atoms with Crippen LogP contribution in [-0.4, -0.2) is 9.52 Å². The lowest BCUT2D eigenvalue weighted by Crippen LogP contribution is -2.21. The molecule has 0 N–H and O–H groups in total. The highest BCUT2D eigenvalue weighted by atomic mass is 28.2. The fourth-order valence-electron chi connectivity index (χ4n) is 1.65. The lowest BCUT2D eigenvalue weighted by atomic mass is 9.98. The van der Waals surface area contributed by atoms with Crippen LogP contribution in [0.15, 0.2) is 0 Å². The molecule has 1 heteroatoms. The van der Waals surface area contributed by atoms with Gasteiger partial charge in [0.2, 0.25) is 0 Å². The Hall–Kier alpha value is 0.217. The summed E-state index contributed by atoms with van der Waals surface area (Å²) in [4.78, 5) is 0. The average Bonchev–Trinajstić information content (AvgIpc) is 1.57. The summed E-state index contributed by atoms with van der Waals surface area (Å²) in [6, 6.07) is 0. The van der Waals surface area contributed by atoms with Crippen molar-refractivity contribution in [3.05, 3.63) is 0 Å². The Bertz CT molecular complexity index is 80.7. The van der Waals surface area contributed by atoms with Crippen LogP contribution < -0.4 is 0 Å². The molecule has 0 bridgehead atoms. The van der Waals surface area contributed by atoms with Gasteiger partial charge in [0.1, 0.15) is 0 Å². The molecule has 0 atom stereocenters. The molecule has 0 unspecified atom stereocenters. The summed E-state index contributed by atoms with van der Waals surface area (Å²) in [6.07, 6.45) is 9.45. The van der Waals surface area contributed by atoms with E-state index in [1.807, 2.05) is 0 Å². The zero-order valence-corrected chi connectivity index (χ0v) is 7.13. The van der Waals surface area contributed by atoms with E-state index in [-0.39, 0.29) is 0 Å². The quantitative estimate of drug-likeness (QED) is 0.515. The van der Waals surface area contributed by atoms with Crippen molar-refractivity contribution in [2.45, 2.75) is 49.6 Å². The van der Waals surface area contributed by atoms with E-state index in [2.05, 4.69) is 0 Å². The van der Waals surface area contributed by atoms with Crippen molar-refractivity contribution < 1.29 is 0 Å². The molecule has 9 heavy (non-hydrogen) atoms. The number of hydrogen-bond donors (Lipinski definition) is 0. The van der Waals surface area contributed by atoms with Gasteiger partial charge in [-0.1, -0.05) is 38.5 Å². The van der Waals surface area contributed by atoms with Crippen molar-refractivity contribution in [2.75, 3.05) is 0 Å². The predicted molar refractivity (Wildman–Crippen MR) is 42.4 cm³/mol. The zero-order chi connectivity index (χ0) is 6.10. The lowest BCUT2D eigenvalue weighted by molar-refractivity contribution is 0.455. The number of rotatable bonds is 2. The average molecular weight is 139 g/mol. The highest BCUT2D eigenvalue weighted by molar-refractivity contribution is 6.40. The molecular weight excluding hydrogens is 124 g/mol. The van der Waals surface area contributed by atoms with Crippen molar-refractivity contribution in [3.8, 4) is 0 Å². The summed E-state index contributed by atoms with van der Waals surface area (Å²) in [7, 11) is 0.894. The molecule has 2 aliphatic rings. The molecule has 0 spiro atoms. The molecular formula is C8H15Si. The molecule has 1 radical (unpaired) electrons. The molecule has 0 aromatic carbocycles. The minimum atomic E-state index is 0.894. The van der Waals surface area contributed by atoms with E-state index >= 15 is 0 Å². The van der Waals surface area contributed by atoms with E-state index in [0.29, 0.717) is 0 Å². The van der Waals surface area contributed by atoms with Crippen LogP contribution in [0.5, 0.6) is 0 Å². The first kappa shape index (κ1) is 5.96. The van der Waals surface area contributed by atoms with Crippen LogP contribution in [0.3, 0.4) is 0 Å². The first-order chi connectivity index (χ1) is 4.45. The van der Waals surface area contributed by atoms with E-state index < -0.39 is 0 Å². The molecule has 2 fully saturated rings. The monoisotopic (exact) mass is 139 g/mol. The Morgan fingerprint density at radius 1 is 0.778 bits per heavy atom.